The van der Waals surface area contributed by atoms with Gasteiger partial charge < -0.3 is 4.74 Å². The first-order chi connectivity index (χ1) is 4.42. The van der Waals surface area contributed by atoms with E-state index in [1.165, 1.54) is 0 Å². The van der Waals surface area contributed by atoms with Gasteiger partial charge >= 0.3 is 6.18 Å². The number of hydrogen-bond donors (Lipinski definition) is 0. The van der Waals surface area contributed by atoms with Crippen LogP contribution in [0.2, 0.25) is 0 Å². The van der Waals surface area contributed by atoms with E-state index in [9.17, 15) is 13.2 Å². The summed E-state index contributed by atoms with van der Waals surface area (Å²) >= 11 is 0. The Morgan fingerprint density at radius 1 is 1.30 bits per heavy atom. The van der Waals surface area contributed by atoms with Gasteiger partial charge in [-0.25, -0.2) is 0 Å². The molecule has 0 rings (SSSR count). The summed E-state index contributed by atoms with van der Waals surface area (Å²) in [6, 6.07) is 0. The van der Waals surface area contributed by atoms with Crippen LogP contribution in [0.15, 0.2) is 0 Å². The summed E-state index contributed by atoms with van der Waals surface area (Å²) in [7, 11) is 0. The van der Waals surface area contributed by atoms with Crippen LogP contribution >= 0.6 is 0 Å². The van der Waals surface area contributed by atoms with Crippen LogP contribution in [0.25, 0.3) is 0 Å². The molecule has 0 aliphatic rings. The molecule has 0 spiro atoms. The molecule has 0 saturated heterocycles. The van der Waals surface area contributed by atoms with E-state index in [0.717, 1.165) is 0 Å². The van der Waals surface area contributed by atoms with Crippen molar-refractivity contribution in [3.63, 3.8) is 0 Å². The highest BCUT2D eigenvalue weighted by Crippen LogP contribution is 2.14. The summed E-state index contributed by atoms with van der Waals surface area (Å²) in [4.78, 5) is 0. The molecule has 0 atom stereocenters. The summed E-state index contributed by atoms with van der Waals surface area (Å²) in [5.74, 6) is 0.155. The van der Waals surface area contributed by atoms with Crippen LogP contribution in [-0.4, -0.2) is 19.4 Å². The van der Waals surface area contributed by atoms with Crippen LogP contribution in [0, 0.1) is 5.92 Å². The Morgan fingerprint density at radius 2 is 1.80 bits per heavy atom. The second kappa shape index (κ2) is 3.81. The monoisotopic (exact) mass is 156 g/mol. The lowest BCUT2D eigenvalue weighted by Crippen LogP contribution is -2.18. The Bertz CT molecular complexity index is 87.5. The van der Waals surface area contributed by atoms with Gasteiger partial charge in [-0.3, -0.25) is 0 Å². The smallest absolute Gasteiger partial charge is 0.372 e. The van der Waals surface area contributed by atoms with Crippen molar-refractivity contribution >= 4 is 0 Å². The van der Waals surface area contributed by atoms with E-state index in [4.69, 9.17) is 0 Å². The molecule has 0 aromatic rings. The number of alkyl halides is 3. The molecule has 0 fully saturated rings. The van der Waals surface area contributed by atoms with Crippen LogP contribution in [0.4, 0.5) is 13.2 Å². The van der Waals surface area contributed by atoms with Crippen LogP contribution in [0.3, 0.4) is 0 Å². The van der Waals surface area contributed by atoms with Crippen molar-refractivity contribution in [1.82, 2.24) is 0 Å². The molecular weight excluding hydrogens is 145 g/mol. The Balaban J connectivity index is 3.21. The average molecular weight is 156 g/mol. The van der Waals surface area contributed by atoms with Crippen LogP contribution in [-0.2, 0) is 4.74 Å². The van der Waals surface area contributed by atoms with Gasteiger partial charge in [-0.2, -0.15) is 13.2 Å². The van der Waals surface area contributed by atoms with Gasteiger partial charge in [0.05, 0.1) is 0 Å². The highest BCUT2D eigenvalue weighted by atomic mass is 19.4. The fourth-order valence-electron chi connectivity index (χ4n) is 0.410. The zero-order chi connectivity index (χ0) is 8.20. The van der Waals surface area contributed by atoms with E-state index in [0.29, 0.717) is 0 Å². The first-order valence-electron chi connectivity index (χ1n) is 3.06. The Hall–Kier alpha value is -0.250. The lowest BCUT2D eigenvalue weighted by Gasteiger charge is -2.08. The van der Waals surface area contributed by atoms with Gasteiger partial charge in [0.15, 0.2) is 0 Å². The van der Waals surface area contributed by atoms with Crippen LogP contribution in [0.5, 0.6) is 0 Å². The van der Waals surface area contributed by atoms with E-state index >= 15 is 0 Å². The minimum atomic E-state index is -4.19. The summed E-state index contributed by atoms with van der Waals surface area (Å²) in [6.45, 7) is 2.64. The first kappa shape index (κ1) is 9.75. The number of ether oxygens (including phenoxy) is 1. The van der Waals surface area contributed by atoms with Gasteiger partial charge in [0.25, 0.3) is 0 Å². The van der Waals surface area contributed by atoms with Crippen molar-refractivity contribution in [1.29, 1.82) is 0 Å². The Kier molecular flexibility index (Phi) is 3.71. The third-order valence-electron chi connectivity index (χ3n) is 0.717. The first-order valence-corrected chi connectivity index (χ1v) is 3.06. The van der Waals surface area contributed by atoms with E-state index in [-0.39, 0.29) is 12.5 Å². The second-order valence-corrected chi connectivity index (χ2v) is 2.52. The normalized spacial score (nSPS) is 12.6. The van der Waals surface area contributed by atoms with E-state index < -0.39 is 12.8 Å². The topological polar surface area (TPSA) is 9.23 Å². The van der Waals surface area contributed by atoms with E-state index in [2.05, 4.69) is 4.74 Å². The summed E-state index contributed by atoms with van der Waals surface area (Å²) in [6.07, 6.45) is -4.19. The van der Waals surface area contributed by atoms with Gasteiger partial charge in [-0.15, -0.1) is 0 Å². The zero-order valence-corrected chi connectivity index (χ0v) is 6.03. The SMILES string of the molecule is CC(C)COCC(F)(F)F. The summed E-state index contributed by atoms with van der Waals surface area (Å²) < 4.78 is 38.5. The van der Waals surface area contributed by atoms with Crippen LogP contribution in [0.1, 0.15) is 13.8 Å². The van der Waals surface area contributed by atoms with Crippen molar-refractivity contribution < 1.29 is 17.9 Å². The molecule has 0 heterocycles. The fraction of sp³-hybridized carbons (Fsp3) is 1.00. The van der Waals surface area contributed by atoms with Gasteiger partial charge in [-0.1, -0.05) is 13.8 Å². The predicted molar refractivity (Wildman–Crippen MR) is 31.7 cm³/mol. The van der Waals surface area contributed by atoms with E-state index in [1.54, 1.807) is 13.8 Å². The molecule has 0 saturated carbocycles. The Labute approximate surface area is 58.2 Å². The van der Waals surface area contributed by atoms with Crippen molar-refractivity contribution in [3.05, 3.63) is 0 Å². The largest absolute Gasteiger partial charge is 0.411 e. The van der Waals surface area contributed by atoms with Gasteiger partial charge in [0.1, 0.15) is 6.61 Å². The van der Waals surface area contributed by atoms with Crippen molar-refractivity contribution in [2.45, 2.75) is 20.0 Å². The molecule has 0 N–H and O–H groups in total. The summed E-state index contributed by atoms with van der Waals surface area (Å²) in [5.41, 5.74) is 0. The molecule has 0 aliphatic carbocycles. The lowest BCUT2D eigenvalue weighted by molar-refractivity contribution is -0.175. The molecule has 62 valence electrons. The molecular formula is C6H11F3O. The molecule has 0 aromatic carbocycles. The molecule has 0 aromatic heterocycles. The minimum absolute atomic E-state index is 0.155. The number of rotatable bonds is 3. The molecule has 4 heteroatoms. The third kappa shape index (κ3) is 7.75. The molecule has 0 aliphatic heterocycles. The highest BCUT2D eigenvalue weighted by molar-refractivity contribution is 4.46. The molecule has 1 nitrogen and oxygen atoms in total. The standard InChI is InChI=1S/C6H11F3O/c1-5(2)3-10-4-6(7,8)9/h5H,3-4H2,1-2H3. The maximum absolute atomic E-state index is 11.4. The third-order valence-corrected chi connectivity index (χ3v) is 0.717. The predicted octanol–water partition coefficient (Wildman–Crippen LogP) is 2.22. The van der Waals surface area contributed by atoms with Crippen molar-refractivity contribution in [2.24, 2.45) is 5.92 Å². The maximum Gasteiger partial charge on any atom is 0.411 e. The molecule has 0 unspecified atom stereocenters. The highest BCUT2D eigenvalue weighted by Gasteiger charge is 2.27. The molecule has 0 bridgehead atoms. The minimum Gasteiger partial charge on any atom is -0.372 e. The lowest BCUT2D eigenvalue weighted by atomic mass is 10.2. The number of halogens is 3. The van der Waals surface area contributed by atoms with Crippen LogP contribution < -0.4 is 0 Å². The van der Waals surface area contributed by atoms with Gasteiger partial charge in [0, 0.05) is 6.61 Å². The van der Waals surface area contributed by atoms with Crippen molar-refractivity contribution in [3.8, 4) is 0 Å². The molecule has 10 heavy (non-hydrogen) atoms. The average Bonchev–Trinajstić information content (AvgIpc) is 1.59. The van der Waals surface area contributed by atoms with E-state index in [1.807, 2.05) is 0 Å². The maximum atomic E-state index is 11.4. The Morgan fingerprint density at radius 3 is 2.10 bits per heavy atom. The van der Waals surface area contributed by atoms with Gasteiger partial charge in [-0.05, 0) is 5.92 Å². The summed E-state index contributed by atoms with van der Waals surface area (Å²) in [5, 5.41) is 0. The quantitative estimate of drug-likeness (QED) is 0.608. The second-order valence-electron chi connectivity index (χ2n) is 2.52. The molecule has 0 radical (unpaired) electrons. The number of hydrogen-bond acceptors (Lipinski definition) is 1. The van der Waals surface area contributed by atoms with Gasteiger partial charge in [0.2, 0.25) is 0 Å². The zero-order valence-electron chi connectivity index (χ0n) is 6.03. The fourth-order valence-corrected chi connectivity index (χ4v) is 0.410. The molecule has 0 amide bonds. The van der Waals surface area contributed by atoms with Crippen molar-refractivity contribution in [2.75, 3.05) is 13.2 Å².